The molecule has 0 bridgehead atoms. The van der Waals surface area contributed by atoms with Gasteiger partial charge >= 0.3 is 5.97 Å². The first-order chi connectivity index (χ1) is 7.15. The van der Waals surface area contributed by atoms with E-state index in [1.807, 2.05) is 0 Å². The summed E-state index contributed by atoms with van der Waals surface area (Å²) in [7, 11) is 0. The average Bonchev–Trinajstić information content (AvgIpc) is 2.17. The number of carbonyl (C=O) groups is 2. The molecule has 0 aromatic heterocycles. The van der Waals surface area contributed by atoms with E-state index in [1.54, 1.807) is 24.3 Å². The second kappa shape index (κ2) is 5.32. The predicted octanol–water partition coefficient (Wildman–Crippen LogP) is 2.64. The first-order valence-corrected chi connectivity index (χ1v) is 4.65. The van der Waals surface area contributed by atoms with Gasteiger partial charge in [-0.25, -0.2) is 0 Å². The number of hydrogen-bond acceptors (Lipinski definition) is 2. The summed E-state index contributed by atoms with van der Waals surface area (Å²) in [6.07, 6.45) is 3.62. The average molecular weight is 225 g/mol. The lowest BCUT2D eigenvalue weighted by Crippen LogP contribution is -1.91. The molecule has 0 aliphatic heterocycles. The molecule has 0 radical (unpaired) electrons. The molecule has 1 aromatic rings. The Morgan fingerprint density at radius 2 is 2.20 bits per heavy atom. The first kappa shape index (κ1) is 11.5. The summed E-state index contributed by atoms with van der Waals surface area (Å²) in [6.45, 7) is 0. The van der Waals surface area contributed by atoms with Crippen molar-refractivity contribution in [2.24, 2.45) is 0 Å². The Bertz CT molecular complexity index is 410. The molecule has 3 nitrogen and oxygen atoms in total. The Morgan fingerprint density at radius 1 is 1.47 bits per heavy atom. The van der Waals surface area contributed by atoms with Gasteiger partial charge in [-0.05, 0) is 11.6 Å². The number of aliphatic carboxylic acids is 1. The lowest BCUT2D eigenvalue weighted by molar-refractivity contribution is -0.135. The highest BCUT2D eigenvalue weighted by Crippen LogP contribution is 2.19. The molecule has 1 N–H and O–H groups in total. The molecule has 0 fully saturated rings. The summed E-state index contributed by atoms with van der Waals surface area (Å²) in [5, 5.41) is 8.79. The van der Waals surface area contributed by atoms with Gasteiger partial charge in [0.15, 0.2) is 6.29 Å². The van der Waals surface area contributed by atoms with Crippen LogP contribution in [0.2, 0.25) is 5.02 Å². The summed E-state index contributed by atoms with van der Waals surface area (Å²) in [5.74, 6) is -0.916. The van der Waals surface area contributed by atoms with E-state index in [9.17, 15) is 9.59 Å². The van der Waals surface area contributed by atoms with E-state index in [2.05, 4.69) is 0 Å². The van der Waals surface area contributed by atoms with Crippen molar-refractivity contribution in [3.05, 3.63) is 40.4 Å². The van der Waals surface area contributed by atoms with E-state index < -0.39 is 5.97 Å². The van der Waals surface area contributed by atoms with E-state index in [0.29, 0.717) is 22.4 Å². The standard InChI is InChI=1S/C11H9ClO3/c12-10-5-1-3-8(9(10)7-13)4-2-6-11(14)15/h1-5,7H,6H2,(H,14,15). The van der Waals surface area contributed by atoms with Crippen molar-refractivity contribution >= 4 is 29.9 Å². The highest BCUT2D eigenvalue weighted by atomic mass is 35.5. The second-order valence-electron chi connectivity index (χ2n) is 2.86. The highest BCUT2D eigenvalue weighted by Gasteiger charge is 2.02. The molecule has 0 spiro atoms. The topological polar surface area (TPSA) is 54.4 Å². The molecule has 0 saturated heterocycles. The van der Waals surface area contributed by atoms with Gasteiger partial charge in [-0.15, -0.1) is 0 Å². The molecule has 0 atom stereocenters. The summed E-state index contributed by atoms with van der Waals surface area (Å²) in [4.78, 5) is 21.0. The Kier molecular flexibility index (Phi) is 4.06. The van der Waals surface area contributed by atoms with E-state index in [-0.39, 0.29) is 6.42 Å². The smallest absolute Gasteiger partial charge is 0.307 e. The molecule has 0 saturated carbocycles. The Hall–Kier alpha value is -1.61. The van der Waals surface area contributed by atoms with Gasteiger partial charge in [0.1, 0.15) is 0 Å². The molecule has 0 amide bonds. The van der Waals surface area contributed by atoms with Crippen molar-refractivity contribution < 1.29 is 14.7 Å². The SMILES string of the molecule is O=Cc1c(Cl)cccc1C=CCC(=O)O. The number of rotatable bonds is 4. The second-order valence-corrected chi connectivity index (χ2v) is 3.27. The van der Waals surface area contributed by atoms with Gasteiger partial charge in [-0.3, -0.25) is 9.59 Å². The molecule has 4 heteroatoms. The van der Waals surface area contributed by atoms with Crippen molar-refractivity contribution in [3.63, 3.8) is 0 Å². The van der Waals surface area contributed by atoms with Gasteiger partial charge in [0.05, 0.1) is 11.4 Å². The van der Waals surface area contributed by atoms with Crippen LogP contribution in [-0.4, -0.2) is 17.4 Å². The first-order valence-electron chi connectivity index (χ1n) is 4.27. The number of carboxylic acid groups (broad SMARTS) is 1. The van der Waals surface area contributed by atoms with Gasteiger partial charge in [-0.1, -0.05) is 35.9 Å². The van der Waals surface area contributed by atoms with Crippen LogP contribution >= 0.6 is 11.6 Å². The van der Waals surface area contributed by atoms with Crippen molar-refractivity contribution in [2.45, 2.75) is 6.42 Å². The van der Waals surface area contributed by atoms with Crippen LogP contribution < -0.4 is 0 Å². The number of aldehydes is 1. The van der Waals surface area contributed by atoms with Gasteiger partial charge in [-0.2, -0.15) is 0 Å². The Balaban J connectivity index is 2.94. The molecule has 0 aliphatic rings. The molecule has 0 aliphatic carbocycles. The minimum absolute atomic E-state index is 0.0786. The highest BCUT2D eigenvalue weighted by molar-refractivity contribution is 6.33. The summed E-state index contributed by atoms with van der Waals surface area (Å²) < 4.78 is 0. The quantitative estimate of drug-likeness (QED) is 0.800. The van der Waals surface area contributed by atoms with E-state index in [4.69, 9.17) is 16.7 Å². The molecular weight excluding hydrogens is 216 g/mol. The largest absolute Gasteiger partial charge is 0.481 e. The van der Waals surface area contributed by atoms with Crippen molar-refractivity contribution in [2.75, 3.05) is 0 Å². The minimum Gasteiger partial charge on any atom is -0.481 e. The molecular formula is C11H9ClO3. The van der Waals surface area contributed by atoms with Crippen molar-refractivity contribution in [1.82, 2.24) is 0 Å². The minimum atomic E-state index is -0.916. The summed E-state index contributed by atoms with van der Waals surface area (Å²) in [6, 6.07) is 5.02. The molecule has 1 rings (SSSR count). The lowest BCUT2D eigenvalue weighted by Gasteiger charge is -2.00. The Labute approximate surface area is 92.0 Å². The molecule has 0 unspecified atom stereocenters. The summed E-state index contributed by atoms with van der Waals surface area (Å²) in [5.41, 5.74) is 1.000. The zero-order valence-electron chi connectivity index (χ0n) is 7.81. The van der Waals surface area contributed by atoms with E-state index in [0.717, 1.165) is 0 Å². The molecule has 0 heterocycles. The van der Waals surface area contributed by atoms with Crippen molar-refractivity contribution in [1.29, 1.82) is 0 Å². The molecule has 78 valence electrons. The molecule has 1 aromatic carbocycles. The van der Waals surface area contributed by atoms with E-state index in [1.165, 1.54) is 6.08 Å². The maximum Gasteiger partial charge on any atom is 0.307 e. The van der Waals surface area contributed by atoms with Crippen LogP contribution in [0, 0.1) is 0 Å². The van der Waals surface area contributed by atoms with Crippen molar-refractivity contribution in [3.8, 4) is 0 Å². The zero-order chi connectivity index (χ0) is 11.3. The van der Waals surface area contributed by atoms with Gasteiger partial charge in [0, 0.05) is 5.56 Å². The normalized spacial score (nSPS) is 10.5. The van der Waals surface area contributed by atoms with Crippen LogP contribution in [0.3, 0.4) is 0 Å². The number of halogens is 1. The van der Waals surface area contributed by atoms with Crippen LogP contribution in [0.4, 0.5) is 0 Å². The van der Waals surface area contributed by atoms with Crippen LogP contribution in [-0.2, 0) is 4.79 Å². The van der Waals surface area contributed by atoms with Crippen LogP contribution in [0.5, 0.6) is 0 Å². The van der Waals surface area contributed by atoms with Crippen LogP contribution in [0.25, 0.3) is 6.08 Å². The van der Waals surface area contributed by atoms with Crippen LogP contribution in [0.15, 0.2) is 24.3 Å². The third-order valence-electron chi connectivity index (χ3n) is 1.79. The zero-order valence-corrected chi connectivity index (χ0v) is 8.57. The fourth-order valence-corrected chi connectivity index (χ4v) is 1.34. The fourth-order valence-electron chi connectivity index (χ4n) is 1.11. The number of hydrogen-bond donors (Lipinski definition) is 1. The number of carboxylic acids is 1. The Morgan fingerprint density at radius 3 is 2.80 bits per heavy atom. The molecule has 15 heavy (non-hydrogen) atoms. The third kappa shape index (κ3) is 3.22. The van der Waals surface area contributed by atoms with Gasteiger partial charge in [0.2, 0.25) is 0 Å². The number of benzene rings is 1. The van der Waals surface area contributed by atoms with E-state index >= 15 is 0 Å². The fraction of sp³-hybridized carbons (Fsp3) is 0.0909. The maximum atomic E-state index is 10.7. The lowest BCUT2D eigenvalue weighted by atomic mass is 10.1. The third-order valence-corrected chi connectivity index (χ3v) is 2.12. The maximum absolute atomic E-state index is 10.7. The van der Waals surface area contributed by atoms with Crippen LogP contribution in [0.1, 0.15) is 22.3 Å². The number of carbonyl (C=O) groups excluding carboxylic acids is 1. The van der Waals surface area contributed by atoms with Gasteiger partial charge < -0.3 is 5.11 Å². The predicted molar refractivity (Wildman–Crippen MR) is 58.1 cm³/mol. The summed E-state index contributed by atoms with van der Waals surface area (Å²) >= 11 is 5.79. The van der Waals surface area contributed by atoms with Gasteiger partial charge in [0.25, 0.3) is 0 Å². The monoisotopic (exact) mass is 224 g/mol.